The molecule has 0 aromatic heterocycles. The maximum Gasteiger partial charge on any atom is 0.137 e. The van der Waals surface area contributed by atoms with Gasteiger partial charge in [0.25, 0.3) is 0 Å². The molecule has 0 bridgehead atoms. The molecule has 0 radical (unpaired) electrons. The second-order valence-electron chi connectivity index (χ2n) is 5.64. The molecule has 0 atom stereocenters. The van der Waals surface area contributed by atoms with E-state index in [2.05, 4.69) is 48.7 Å². The lowest BCUT2D eigenvalue weighted by Crippen LogP contribution is -2.41. The highest BCUT2D eigenvalue weighted by molar-refractivity contribution is 5.82. The van der Waals surface area contributed by atoms with Gasteiger partial charge in [-0.05, 0) is 31.4 Å². The number of hydrogen-bond acceptors (Lipinski definition) is 4. The lowest BCUT2D eigenvalue weighted by Gasteiger charge is -2.40. The number of rotatable bonds is 2. The summed E-state index contributed by atoms with van der Waals surface area (Å²) in [7, 11) is 2.11. The van der Waals surface area contributed by atoms with Gasteiger partial charge < -0.3 is 14.7 Å². The molecule has 0 aromatic carbocycles. The summed E-state index contributed by atoms with van der Waals surface area (Å²) < 4.78 is 0. The minimum absolute atomic E-state index is 0.923. The van der Waals surface area contributed by atoms with E-state index < -0.39 is 0 Å². The third kappa shape index (κ3) is 1.86. The molecule has 19 heavy (non-hydrogen) atoms. The molecular formula is C15H22N4. The lowest BCUT2D eigenvalue weighted by atomic mass is 10.0. The first-order chi connectivity index (χ1) is 9.11. The molecule has 4 nitrogen and oxygen atoms in total. The summed E-state index contributed by atoms with van der Waals surface area (Å²) in [6, 6.07) is 0. The molecule has 3 heterocycles. The average molecular weight is 258 g/mol. The summed E-state index contributed by atoms with van der Waals surface area (Å²) in [5.74, 6) is 1.29. The van der Waals surface area contributed by atoms with Gasteiger partial charge in [0, 0.05) is 26.3 Å². The van der Waals surface area contributed by atoms with Gasteiger partial charge in [-0.1, -0.05) is 6.92 Å². The predicted molar refractivity (Wildman–Crippen MR) is 78.3 cm³/mol. The van der Waals surface area contributed by atoms with Crippen molar-refractivity contribution in [3.8, 4) is 0 Å². The van der Waals surface area contributed by atoms with Gasteiger partial charge in [0.2, 0.25) is 0 Å². The third-order valence-electron chi connectivity index (χ3n) is 4.04. The SMILES string of the molecule is CCCN1CC(C)=C(C)C2=C1N1CN(C)C=C1C=N2. The Balaban J connectivity index is 2.06. The fourth-order valence-corrected chi connectivity index (χ4v) is 2.97. The molecule has 4 heteroatoms. The van der Waals surface area contributed by atoms with Crippen LogP contribution in [0.4, 0.5) is 0 Å². The molecule has 0 amide bonds. The van der Waals surface area contributed by atoms with Crippen molar-refractivity contribution in [3.05, 3.63) is 34.6 Å². The van der Waals surface area contributed by atoms with Gasteiger partial charge in [-0.15, -0.1) is 0 Å². The van der Waals surface area contributed by atoms with E-state index in [0.29, 0.717) is 0 Å². The van der Waals surface area contributed by atoms with Gasteiger partial charge >= 0.3 is 0 Å². The van der Waals surface area contributed by atoms with E-state index in [4.69, 9.17) is 4.99 Å². The van der Waals surface area contributed by atoms with Crippen molar-refractivity contribution in [2.75, 3.05) is 26.8 Å². The summed E-state index contributed by atoms with van der Waals surface area (Å²) in [6.07, 6.45) is 5.32. The molecule has 0 N–H and O–H groups in total. The van der Waals surface area contributed by atoms with Crippen LogP contribution in [0.1, 0.15) is 27.2 Å². The largest absolute Gasteiger partial charge is 0.361 e. The zero-order chi connectivity index (χ0) is 13.6. The van der Waals surface area contributed by atoms with E-state index in [1.807, 2.05) is 6.21 Å². The molecule has 3 aliphatic heterocycles. The maximum atomic E-state index is 4.71. The highest BCUT2D eigenvalue weighted by atomic mass is 15.4. The standard InChI is InChI=1S/C15H22N4/c1-5-6-18-8-11(2)12(3)14-15(18)19-10-17(4)9-13(19)7-16-14/h7,9H,5-6,8,10H2,1-4H3. The monoisotopic (exact) mass is 258 g/mol. The Kier molecular flexibility index (Phi) is 2.88. The van der Waals surface area contributed by atoms with Crippen LogP contribution < -0.4 is 0 Å². The molecule has 102 valence electrons. The first-order valence-electron chi connectivity index (χ1n) is 7.01. The number of hydrogen-bond donors (Lipinski definition) is 0. The van der Waals surface area contributed by atoms with Crippen LogP contribution in [0.3, 0.4) is 0 Å². The summed E-state index contributed by atoms with van der Waals surface area (Å²) in [5.41, 5.74) is 5.14. The fraction of sp³-hybridized carbons (Fsp3) is 0.533. The molecular weight excluding hydrogens is 236 g/mol. The molecule has 3 rings (SSSR count). The smallest absolute Gasteiger partial charge is 0.137 e. The van der Waals surface area contributed by atoms with E-state index >= 15 is 0 Å². The molecule has 3 aliphatic rings. The molecule has 0 saturated carbocycles. The summed E-state index contributed by atoms with van der Waals surface area (Å²) >= 11 is 0. The van der Waals surface area contributed by atoms with Crippen LogP contribution in [0.15, 0.2) is 39.6 Å². The van der Waals surface area contributed by atoms with Gasteiger partial charge in [-0.3, -0.25) is 4.99 Å². The normalized spacial score (nSPS) is 22.1. The van der Waals surface area contributed by atoms with Gasteiger partial charge in [-0.25, -0.2) is 0 Å². The van der Waals surface area contributed by atoms with Crippen molar-refractivity contribution in [1.82, 2.24) is 14.7 Å². The van der Waals surface area contributed by atoms with Crippen LogP contribution in [0.2, 0.25) is 0 Å². The number of aliphatic imine (C=N–C) groups is 1. The van der Waals surface area contributed by atoms with Crippen LogP contribution >= 0.6 is 0 Å². The Morgan fingerprint density at radius 3 is 2.84 bits per heavy atom. The van der Waals surface area contributed by atoms with Crippen LogP contribution in [-0.2, 0) is 0 Å². The molecule has 0 saturated heterocycles. The van der Waals surface area contributed by atoms with E-state index in [1.165, 1.54) is 22.7 Å². The lowest BCUT2D eigenvalue weighted by molar-refractivity contribution is 0.224. The van der Waals surface area contributed by atoms with E-state index in [9.17, 15) is 0 Å². The number of allylic oxidation sites excluding steroid dienone is 2. The van der Waals surface area contributed by atoms with E-state index in [0.717, 1.165) is 31.9 Å². The second kappa shape index (κ2) is 4.44. The van der Waals surface area contributed by atoms with Crippen LogP contribution in [0.25, 0.3) is 0 Å². The predicted octanol–water partition coefficient (Wildman–Crippen LogP) is 2.35. The zero-order valence-corrected chi connectivity index (χ0v) is 12.3. The van der Waals surface area contributed by atoms with Crippen LogP contribution in [0.5, 0.6) is 0 Å². The van der Waals surface area contributed by atoms with Crippen LogP contribution in [-0.4, -0.2) is 47.7 Å². The maximum absolute atomic E-state index is 4.71. The van der Waals surface area contributed by atoms with Gasteiger partial charge in [0.15, 0.2) is 0 Å². The third-order valence-corrected chi connectivity index (χ3v) is 4.04. The van der Waals surface area contributed by atoms with Gasteiger partial charge in [-0.2, -0.15) is 0 Å². The molecule has 0 fully saturated rings. The highest BCUT2D eigenvalue weighted by Crippen LogP contribution is 2.36. The van der Waals surface area contributed by atoms with Crippen molar-refractivity contribution in [1.29, 1.82) is 0 Å². The Hall–Kier alpha value is -1.71. The first-order valence-corrected chi connectivity index (χ1v) is 7.01. The van der Waals surface area contributed by atoms with Crippen molar-refractivity contribution in [2.24, 2.45) is 4.99 Å². The quantitative estimate of drug-likeness (QED) is 0.759. The Morgan fingerprint density at radius 1 is 1.32 bits per heavy atom. The van der Waals surface area contributed by atoms with Crippen molar-refractivity contribution >= 4 is 6.21 Å². The summed E-state index contributed by atoms with van der Waals surface area (Å²) in [6.45, 7) is 9.69. The molecule has 0 aliphatic carbocycles. The summed E-state index contributed by atoms with van der Waals surface area (Å²) in [4.78, 5) is 11.8. The van der Waals surface area contributed by atoms with Gasteiger partial charge in [0.05, 0.1) is 18.6 Å². The Bertz CT molecular complexity index is 524. The highest BCUT2D eigenvalue weighted by Gasteiger charge is 2.33. The van der Waals surface area contributed by atoms with Crippen LogP contribution in [0, 0.1) is 0 Å². The van der Waals surface area contributed by atoms with Crippen molar-refractivity contribution in [3.63, 3.8) is 0 Å². The average Bonchev–Trinajstić information content (AvgIpc) is 2.75. The zero-order valence-electron chi connectivity index (χ0n) is 12.3. The van der Waals surface area contributed by atoms with E-state index in [1.54, 1.807) is 0 Å². The topological polar surface area (TPSA) is 22.1 Å². The van der Waals surface area contributed by atoms with Crippen molar-refractivity contribution < 1.29 is 0 Å². The summed E-state index contributed by atoms with van der Waals surface area (Å²) in [5, 5.41) is 0. The first kappa shape index (κ1) is 12.3. The second-order valence-corrected chi connectivity index (χ2v) is 5.64. The number of nitrogens with zero attached hydrogens (tertiary/aromatic N) is 4. The molecule has 0 aromatic rings. The van der Waals surface area contributed by atoms with Gasteiger partial charge in [0.1, 0.15) is 11.5 Å². The fourth-order valence-electron chi connectivity index (χ4n) is 2.97. The molecule has 0 spiro atoms. The number of fused-ring (bicyclic) bond motifs is 2. The minimum Gasteiger partial charge on any atom is -0.361 e. The Labute approximate surface area is 115 Å². The Morgan fingerprint density at radius 2 is 2.11 bits per heavy atom. The minimum atomic E-state index is 0.923. The van der Waals surface area contributed by atoms with Crippen molar-refractivity contribution in [2.45, 2.75) is 27.2 Å². The molecule has 0 unspecified atom stereocenters. The van der Waals surface area contributed by atoms with E-state index in [-0.39, 0.29) is 0 Å².